The lowest BCUT2D eigenvalue weighted by molar-refractivity contribution is -0.0526. The molecule has 3 fully saturated rings. The molecule has 2 saturated heterocycles. The molecule has 2 aliphatic heterocycles. The number of nitrogens with one attached hydrogen (secondary N) is 1. The average Bonchev–Trinajstić information content (AvgIpc) is 2.81. The number of nitrogens with zero attached hydrogens (tertiary/aromatic N) is 3. The van der Waals surface area contributed by atoms with Crippen molar-refractivity contribution in [3.05, 3.63) is 0 Å². The molecule has 1 N–H and O–H groups in total. The number of urea groups is 1. The van der Waals surface area contributed by atoms with Crippen molar-refractivity contribution in [1.29, 1.82) is 0 Å². The van der Waals surface area contributed by atoms with Crippen LogP contribution in [0.25, 0.3) is 0 Å². The second-order valence-corrected chi connectivity index (χ2v) is 5.94. The fourth-order valence-corrected chi connectivity index (χ4v) is 3.66. The Hall–Kier alpha value is -0.720. The van der Waals surface area contributed by atoms with E-state index < -0.39 is 0 Å². The number of hydrazine groups is 1. The Morgan fingerprint density at radius 1 is 1.22 bits per heavy atom. The van der Waals surface area contributed by atoms with Crippen LogP contribution < -0.4 is 5.32 Å². The highest BCUT2D eigenvalue weighted by Gasteiger charge is 2.44. The number of carbonyl (C=O) groups excluding carboxylic acids is 1. The van der Waals surface area contributed by atoms with E-state index >= 15 is 0 Å². The van der Waals surface area contributed by atoms with Crippen LogP contribution >= 0.6 is 12.2 Å². The quantitative estimate of drug-likeness (QED) is 0.710. The van der Waals surface area contributed by atoms with Crippen molar-refractivity contribution in [3.63, 3.8) is 0 Å². The minimum Gasteiger partial charge on any atom is -0.304 e. The van der Waals surface area contributed by atoms with Crippen LogP contribution in [0.5, 0.6) is 0 Å². The molecule has 1 saturated carbocycles. The zero-order chi connectivity index (χ0) is 12.7. The summed E-state index contributed by atoms with van der Waals surface area (Å²) < 4.78 is 0. The van der Waals surface area contributed by atoms with Crippen LogP contribution in [0.15, 0.2) is 0 Å². The second kappa shape index (κ2) is 4.75. The molecule has 0 spiro atoms. The van der Waals surface area contributed by atoms with Gasteiger partial charge in [0.15, 0.2) is 0 Å². The number of carbonyl (C=O) groups is 1. The van der Waals surface area contributed by atoms with Crippen LogP contribution in [0.3, 0.4) is 0 Å². The Labute approximate surface area is 113 Å². The molecule has 2 heterocycles. The Bertz CT molecular complexity index is 367. The highest BCUT2D eigenvalue weighted by atomic mass is 32.1. The number of thiocarbonyl (C=S) groups is 1. The van der Waals surface area contributed by atoms with Gasteiger partial charge >= 0.3 is 6.03 Å². The highest BCUT2D eigenvalue weighted by Crippen LogP contribution is 2.34. The fourth-order valence-electron chi connectivity index (χ4n) is 3.29. The molecule has 100 valence electrons. The number of likely N-dealkylation sites (N-methyl/N-ethyl adjacent to an activating group) is 1. The Morgan fingerprint density at radius 2 is 1.94 bits per heavy atom. The summed E-state index contributed by atoms with van der Waals surface area (Å²) in [6.07, 6.45) is 3.38. The van der Waals surface area contributed by atoms with Crippen LogP contribution in [-0.2, 0) is 0 Å². The topological polar surface area (TPSA) is 38.8 Å². The smallest absolute Gasteiger partial charge is 0.304 e. The van der Waals surface area contributed by atoms with Crippen LogP contribution in [0.1, 0.15) is 19.3 Å². The van der Waals surface area contributed by atoms with Gasteiger partial charge in [-0.2, -0.15) is 0 Å². The van der Waals surface area contributed by atoms with E-state index in [0.717, 1.165) is 44.0 Å². The molecule has 0 aromatic carbocycles. The first kappa shape index (κ1) is 12.3. The zero-order valence-electron chi connectivity index (χ0n) is 10.8. The number of hydrogen-bond acceptors (Lipinski definition) is 4. The minimum absolute atomic E-state index is 0.0206. The predicted molar refractivity (Wildman–Crippen MR) is 73.2 cm³/mol. The van der Waals surface area contributed by atoms with E-state index in [-0.39, 0.29) is 6.03 Å². The van der Waals surface area contributed by atoms with E-state index in [4.69, 9.17) is 12.2 Å². The van der Waals surface area contributed by atoms with E-state index in [1.54, 1.807) is 0 Å². The zero-order valence-corrected chi connectivity index (χ0v) is 11.6. The standard InChI is InChI=1S/C12H20N4OS/c1-14-5-7-15(8-6-14)16-10-4-2-3-9(10)11(18)13-12(16)17/h9-10H,2-8H2,1H3,(H,13,17,18). The molecule has 3 rings (SSSR count). The van der Waals surface area contributed by atoms with Gasteiger partial charge in [-0.1, -0.05) is 18.6 Å². The summed E-state index contributed by atoms with van der Waals surface area (Å²) in [7, 11) is 2.13. The highest BCUT2D eigenvalue weighted by molar-refractivity contribution is 7.80. The van der Waals surface area contributed by atoms with E-state index in [2.05, 4.69) is 22.3 Å². The van der Waals surface area contributed by atoms with Gasteiger partial charge in [-0.15, -0.1) is 0 Å². The molecule has 0 bridgehead atoms. The first-order chi connectivity index (χ1) is 8.66. The summed E-state index contributed by atoms with van der Waals surface area (Å²) in [4.78, 5) is 15.3. The maximum Gasteiger partial charge on any atom is 0.337 e. The molecule has 1 aliphatic carbocycles. The maximum atomic E-state index is 12.2. The van der Waals surface area contributed by atoms with E-state index in [1.165, 1.54) is 6.42 Å². The van der Waals surface area contributed by atoms with Gasteiger partial charge in [0.1, 0.15) is 0 Å². The van der Waals surface area contributed by atoms with E-state index in [1.807, 2.05) is 5.01 Å². The lowest BCUT2D eigenvalue weighted by atomic mass is 10.0. The van der Waals surface area contributed by atoms with Gasteiger partial charge in [0.2, 0.25) is 0 Å². The third-order valence-corrected chi connectivity index (χ3v) is 4.76. The van der Waals surface area contributed by atoms with Crippen molar-refractivity contribution >= 4 is 23.2 Å². The lowest BCUT2D eigenvalue weighted by Gasteiger charge is -2.46. The molecule has 18 heavy (non-hydrogen) atoms. The molecule has 0 radical (unpaired) electrons. The third-order valence-electron chi connectivity index (χ3n) is 4.35. The Balaban J connectivity index is 1.77. The second-order valence-electron chi connectivity index (χ2n) is 5.50. The Morgan fingerprint density at radius 3 is 2.67 bits per heavy atom. The van der Waals surface area contributed by atoms with Crippen molar-refractivity contribution in [1.82, 2.24) is 20.2 Å². The summed E-state index contributed by atoms with van der Waals surface area (Å²) in [6.45, 7) is 3.90. The van der Waals surface area contributed by atoms with Crippen LogP contribution in [0.4, 0.5) is 4.79 Å². The molecule has 0 aromatic heterocycles. The number of hydrogen-bond donors (Lipinski definition) is 1. The lowest BCUT2D eigenvalue weighted by Crippen LogP contribution is -2.66. The van der Waals surface area contributed by atoms with Crippen LogP contribution in [-0.4, -0.2) is 65.2 Å². The van der Waals surface area contributed by atoms with Gasteiger partial charge in [-0.05, 0) is 19.9 Å². The SMILES string of the molecule is CN1CCN(N2C(=O)NC(=S)C3CCCC32)CC1. The van der Waals surface area contributed by atoms with Crippen LogP contribution in [0, 0.1) is 5.92 Å². The normalized spacial score (nSPS) is 34.6. The average molecular weight is 268 g/mol. The number of piperazine rings is 1. The van der Waals surface area contributed by atoms with Gasteiger partial charge in [-0.3, -0.25) is 5.01 Å². The molecular weight excluding hydrogens is 248 g/mol. The van der Waals surface area contributed by atoms with Crippen molar-refractivity contribution in [3.8, 4) is 0 Å². The fraction of sp³-hybridized carbons (Fsp3) is 0.833. The van der Waals surface area contributed by atoms with Crippen LogP contribution in [0.2, 0.25) is 0 Å². The largest absolute Gasteiger partial charge is 0.337 e. The molecule has 2 atom stereocenters. The number of fused-ring (bicyclic) bond motifs is 1. The van der Waals surface area contributed by atoms with Crippen molar-refractivity contribution < 1.29 is 4.79 Å². The monoisotopic (exact) mass is 268 g/mol. The maximum absolute atomic E-state index is 12.2. The summed E-state index contributed by atoms with van der Waals surface area (Å²) in [5.41, 5.74) is 0. The van der Waals surface area contributed by atoms with Crippen molar-refractivity contribution in [2.45, 2.75) is 25.3 Å². The van der Waals surface area contributed by atoms with Gasteiger partial charge in [0.25, 0.3) is 0 Å². The first-order valence-electron chi connectivity index (χ1n) is 6.74. The number of amides is 2. The first-order valence-corrected chi connectivity index (χ1v) is 7.15. The van der Waals surface area contributed by atoms with Gasteiger partial charge < -0.3 is 10.2 Å². The predicted octanol–water partition coefficient (Wildman–Crippen LogP) is 0.670. The van der Waals surface area contributed by atoms with Crippen molar-refractivity contribution in [2.24, 2.45) is 5.92 Å². The molecule has 2 amide bonds. The molecular formula is C12H20N4OS. The molecule has 0 aromatic rings. The summed E-state index contributed by atoms with van der Waals surface area (Å²) in [5.74, 6) is 0.373. The van der Waals surface area contributed by atoms with E-state index in [0.29, 0.717) is 12.0 Å². The summed E-state index contributed by atoms with van der Waals surface area (Å²) >= 11 is 5.31. The van der Waals surface area contributed by atoms with E-state index in [9.17, 15) is 4.79 Å². The molecule has 6 heteroatoms. The van der Waals surface area contributed by atoms with Gasteiger partial charge in [-0.25, -0.2) is 9.80 Å². The van der Waals surface area contributed by atoms with Crippen molar-refractivity contribution in [2.75, 3.05) is 33.2 Å². The van der Waals surface area contributed by atoms with Gasteiger partial charge in [0.05, 0.1) is 11.0 Å². The molecule has 2 unspecified atom stereocenters. The third kappa shape index (κ3) is 2.02. The summed E-state index contributed by atoms with van der Waals surface area (Å²) in [5, 5.41) is 7.04. The van der Waals surface area contributed by atoms with Gasteiger partial charge in [0, 0.05) is 32.1 Å². The molecule has 3 aliphatic rings. The Kier molecular flexibility index (Phi) is 3.25. The number of rotatable bonds is 1. The molecule has 5 nitrogen and oxygen atoms in total. The summed E-state index contributed by atoms with van der Waals surface area (Å²) in [6, 6.07) is 0.280. The minimum atomic E-state index is -0.0206.